The molecule has 302 valence electrons. The first kappa shape index (κ1) is 39.3. The molecule has 0 unspecified atom stereocenters. The number of benzene rings is 1. The number of carbonyl (C=O) groups is 5. The average Bonchev–Trinajstić information content (AvgIpc) is 3.51. The van der Waals surface area contributed by atoms with E-state index in [0.29, 0.717) is 38.8 Å². The summed E-state index contributed by atoms with van der Waals surface area (Å²) in [7, 11) is -4.44. The third kappa shape index (κ3) is 8.42. The zero-order chi connectivity index (χ0) is 39.6. The van der Waals surface area contributed by atoms with Gasteiger partial charge in [-0.1, -0.05) is 54.4 Å². The van der Waals surface area contributed by atoms with Crippen LogP contribution in [-0.2, 0) is 46.8 Å². The molecular weight excluding hydrogens is 745 g/mol. The molecule has 16 nitrogen and oxygen atoms in total. The summed E-state index contributed by atoms with van der Waals surface area (Å²) < 4.78 is 45.6. The van der Waals surface area contributed by atoms with Crippen molar-refractivity contribution in [1.29, 1.82) is 0 Å². The molecule has 2 aromatic rings. The van der Waals surface area contributed by atoms with E-state index >= 15 is 0 Å². The van der Waals surface area contributed by atoms with Gasteiger partial charge in [-0.2, -0.15) is 0 Å². The molecule has 3 fully saturated rings. The summed E-state index contributed by atoms with van der Waals surface area (Å²) >= 11 is 0. The van der Waals surface area contributed by atoms with E-state index < -0.39 is 69.6 Å². The zero-order valence-corrected chi connectivity index (χ0v) is 32.6. The Kier molecular flexibility index (Phi) is 11.4. The second-order valence-electron chi connectivity index (χ2n) is 15.6. The molecule has 2 aliphatic carbocycles. The molecule has 1 aromatic carbocycles. The van der Waals surface area contributed by atoms with Gasteiger partial charge in [0.2, 0.25) is 11.8 Å². The molecule has 0 spiro atoms. The molecule has 3 N–H and O–H groups in total. The van der Waals surface area contributed by atoms with Gasteiger partial charge < -0.3 is 34.4 Å². The van der Waals surface area contributed by atoms with Crippen LogP contribution in [0.1, 0.15) is 93.2 Å². The van der Waals surface area contributed by atoms with Crippen LogP contribution < -0.4 is 15.4 Å². The summed E-state index contributed by atoms with van der Waals surface area (Å²) in [4.78, 5) is 72.1. The normalized spacial score (nSPS) is 27.8. The molecule has 5 aliphatic rings. The fraction of sp³-hybridized carbons (Fsp3) is 0.590. The third-order valence-corrected chi connectivity index (χ3v) is 13.2. The second-order valence-corrected chi connectivity index (χ2v) is 17.2. The number of allylic oxidation sites excluding steroid dienone is 1. The lowest BCUT2D eigenvalue weighted by atomic mass is 10.0. The average molecular weight is 795 g/mol. The number of hydrogen-bond acceptors (Lipinski definition) is 11. The largest absolute Gasteiger partial charge is 0.446 e. The van der Waals surface area contributed by atoms with Crippen LogP contribution in [0.2, 0.25) is 0 Å². The number of nitrogens with one attached hydrogen (secondary N) is 3. The number of alkyl carbamates (subject to hydrolysis) is 1. The van der Waals surface area contributed by atoms with E-state index in [0.717, 1.165) is 49.7 Å². The van der Waals surface area contributed by atoms with Gasteiger partial charge in [0.05, 0.1) is 6.54 Å². The number of ether oxygens (including phenoxy) is 2. The maximum Gasteiger partial charge on any atom is 0.410 e. The summed E-state index contributed by atoms with van der Waals surface area (Å²) in [5.41, 5.74) is 0.591. The number of nitrogens with zero attached hydrogens (tertiary/aromatic N) is 3. The van der Waals surface area contributed by atoms with E-state index in [-0.39, 0.29) is 41.8 Å². The Balaban J connectivity index is 1.14. The van der Waals surface area contributed by atoms with E-state index in [1.165, 1.54) is 18.7 Å². The first-order valence-corrected chi connectivity index (χ1v) is 21.1. The van der Waals surface area contributed by atoms with Gasteiger partial charge in [0.25, 0.3) is 15.9 Å². The van der Waals surface area contributed by atoms with Gasteiger partial charge in [-0.25, -0.2) is 22.7 Å². The van der Waals surface area contributed by atoms with Crippen molar-refractivity contribution >= 4 is 39.9 Å². The standard InChI is InChI=1S/C39H50N6O10S/c1-24-33(25(2)55-42-24)56(51,52)43-36(48)39-21-28(39)14-6-4-3-5-7-17-31(40-37(49)53-29-15-10-11-16-29)35(47)45-23-30(20-32(45)34(46)41-39)54-38(50)44-19-18-26-12-8-9-13-27(26)22-44/h6,8-9,12-14,28-32H,3-5,7,10-11,15-23H2,1-2H3,(H,40,49)(H,41,46)(H,43,48)/b14-6-/t28-,30+,31-,32-,39+/m0/s1. The number of amides is 5. The van der Waals surface area contributed by atoms with Crippen molar-refractivity contribution in [3.05, 3.63) is 59.0 Å². The van der Waals surface area contributed by atoms with Crippen LogP contribution in [0.25, 0.3) is 0 Å². The molecule has 0 bridgehead atoms. The summed E-state index contributed by atoms with van der Waals surface area (Å²) in [5.74, 6) is -2.73. The molecule has 5 amide bonds. The third-order valence-electron chi connectivity index (χ3n) is 11.6. The highest BCUT2D eigenvalue weighted by molar-refractivity contribution is 7.90. The summed E-state index contributed by atoms with van der Waals surface area (Å²) in [5, 5.41) is 9.28. The van der Waals surface area contributed by atoms with Crippen LogP contribution in [-0.4, -0.2) is 96.2 Å². The maximum atomic E-state index is 14.5. The molecule has 7 rings (SSSR count). The maximum absolute atomic E-state index is 14.5. The van der Waals surface area contributed by atoms with Gasteiger partial charge in [0.1, 0.15) is 35.5 Å². The SMILES string of the molecule is Cc1noc(C)c1S(=O)(=O)NC(=O)[C@@]12C[C@@H]1/C=C\CCCCC[C@H](NC(=O)OC1CCCC1)C(=O)N1C[C@H](OC(=O)N3CCc4ccccc4C3)C[C@H]1C(=O)N2. The molecule has 17 heteroatoms. The van der Waals surface area contributed by atoms with Crippen molar-refractivity contribution in [2.24, 2.45) is 5.92 Å². The lowest BCUT2D eigenvalue weighted by molar-refractivity contribution is -0.141. The second kappa shape index (κ2) is 16.3. The fourth-order valence-corrected chi connectivity index (χ4v) is 9.86. The van der Waals surface area contributed by atoms with Crippen molar-refractivity contribution < 1.29 is 46.4 Å². The number of aromatic nitrogens is 1. The first-order valence-electron chi connectivity index (χ1n) is 19.6. The van der Waals surface area contributed by atoms with Gasteiger partial charge in [0.15, 0.2) is 10.7 Å². The minimum atomic E-state index is -4.44. The van der Waals surface area contributed by atoms with E-state index in [1.54, 1.807) is 4.90 Å². The molecular formula is C39H50N6O10S. The topological polar surface area (TPSA) is 207 Å². The molecule has 4 heterocycles. The Morgan fingerprint density at radius 1 is 0.982 bits per heavy atom. The van der Waals surface area contributed by atoms with E-state index in [2.05, 4.69) is 20.5 Å². The van der Waals surface area contributed by atoms with Gasteiger partial charge in [-0.3, -0.25) is 14.4 Å². The van der Waals surface area contributed by atoms with E-state index in [9.17, 15) is 32.4 Å². The Morgan fingerprint density at radius 2 is 1.73 bits per heavy atom. The predicted molar refractivity (Wildman–Crippen MR) is 199 cm³/mol. The van der Waals surface area contributed by atoms with Crippen molar-refractivity contribution in [2.75, 3.05) is 13.1 Å². The van der Waals surface area contributed by atoms with E-state index in [1.807, 2.05) is 36.4 Å². The Labute approximate surface area is 326 Å². The van der Waals surface area contributed by atoms with Crippen LogP contribution in [0.3, 0.4) is 0 Å². The summed E-state index contributed by atoms with van der Waals surface area (Å²) in [6.45, 7) is 3.52. The Hall–Kier alpha value is -4.93. The molecule has 1 saturated heterocycles. The van der Waals surface area contributed by atoms with Crippen molar-refractivity contribution in [2.45, 2.75) is 132 Å². The van der Waals surface area contributed by atoms with Gasteiger partial charge in [-0.05, 0) is 82.8 Å². The Bertz CT molecular complexity index is 1970. The van der Waals surface area contributed by atoms with Crippen molar-refractivity contribution in [1.82, 2.24) is 30.3 Å². The number of rotatable bonds is 6. The molecule has 56 heavy (non-hydrogen) atoms. The molecule has 5 atom stereocenters. The van der Waals surface area contributed by atoms with E-state index in [4.69, 9.17) is 14.0 Å². The lowest BCUT2D eigenvalue weighted by Crippen LogP contribution is -2.58. The number of sulfonamides is 1. The number of carbonyl (C=O) groups excluding carboxylic acids is 5. The van der Waals surface area contributed by atoms with Crippen LogP contribution in [0, 0.1) is 19.8 Å². The van der Waals surface area contributed by atoms with Crippen LogP contribution in [0.5, 0.6) is 0 Å². The van der Waals surface area contributed by atoms with Crippen LogP contribution >= 0.6 is 0 Å². The molecule has 1 aromatic heterocycles. The highest BCUT2D eigenvalue weighted by Gasteiger charge is 2.62. The lowest BCUT2D eigenvalue weighted by Gasteiger charge is -2.30. The van der Waals surface area contributed by atoms with Gasteiger partial charge in [-0.15, -0.1) is 0 Å². The minimum Gasteiger partial charge on any atom is -0.446 e. The van der Waals surface area contributed by atoms with Crippen molar-refractivity contribution in [3.8, 4) is 0 Å². The summed E-state index contributed by atoms with van der Waals surface area (Å²) in [6, 6.07) is 5.61. The fourth-order valence-electron chi connectivity index (χ4n) is 8.49. The summed E-state index contributed by atoms with van der Waals surface area (Å²) in [6.07, 6.45) is 8.44. The highest BCUT2D eigenvalue weighted by atomic mass is 32.2. The molecule has 0 radical (unpaired) electrons. The minimum absolute atomic E-state index is 0.00315. The van der Waals surface area contributed by atoms with Crippen LogP contribution in [0.15, 0.2) is 45.8 Å². The monoisotopic (exact) mass is 794 g/mol. The van der Waals surface area contributed by atoms with Crippen molar-refractivity contribution in [3.63, 3.8) is 0 Å². The number of aryl methyl sites for hydroxylation is 2. The number of hydrogen-bond donors (Lipinski definition) is 3. The first-order chi connectivity index (χ1) is 26.8. The predicted octanol–water partition coefficient (Wildman–Crippen LogP) is 3.69. The Morgan fingerprint density at radius 3 is 2.48 bits per heavy atom. The highest BCUT2D eigenvalue weighted by Crippen LogP contribution is 2.46. The molecule has 3 aliphatic heterocycles. The van der Waals surface area contributed by atoms with Crippen LogP contribution in [0.4, 0.5) is 9.59 Å². The van der Waals surface area contributed by atoms with Gasteiger partial charge >= 0.3 is 12.2 Å². The van der Waals surface area contributed by atoms with Gasteiger partial charge in [0, 0.05) is 25.4 Å². The molecule has 2 saturated carbocycles. The smallest absolute Gasteiger partial charge is 0.410 e. The zero-order valence-electron chi connectivity index (χ0n) is 31.8. The quantitative estimate of drug-likeness (QED) is 0.360. The number of fused-ring (bicyclic) bond motifs is 3.